The SMILES string of the molecule is Cc1csc(C(C)NS(=O)(=O)c2ccc(CO)s2)n1. The van der Waals surface area contributed by atoms with Gasteiger partial charge in [-0.25, -0.2) is 18.1 Å². The number of hydrogen-bond acceptors (Lipinski definition) is 6. The molecule has 2 aromatic heterocycles. The lowest BCUT2D eigenvalue weighted by molar-refractivity contribution is 0.285. The maximum atomic E-state index is 12.1. The minimum Gasteiger partial charge on any atom is -0.391 e. The first kappa shape index (κ1) is 14.6. The molecule has 2 heterocycles. The summed E-state index contributed by atoms with van der Waals surface area (Å²) in [5, 5.41) is 11.6. The monoisotopic (exact) mass is 318 g/mol. The zero-order valence-electron chi connectivity index (χ0n) is 10.5. The van der Waals surface area contributed by atoms with Crippen molar-refractivity contribution in [2.75, 3.05) is 0 Å². The Hall–Kier alpha value is -0.800. The first-order valence-corrected chi connectivity index (χ1v) is 8.74. The first-order valence-electron chi connectivity index (χ1n) is 5.56. The number of aromatic nitrogens is 1. The van der Waals surface area contributed by atoms with Crippen LogP contribution < -0.4 is 4.72 Å². The molecule has 2 rings (SSSR count). The van der Waals surface area contributed by atoms with Gasteiger partial charge in [0.25, 0.3) is 10.0 Å². The maximum Gasteiger partial charge on any atom is 0.250 e. The number of aliphatic hydroxyl groups excluding tert-OH is 1. The first-order chi connectivity index (χ1) is 8.92. The van der Waals surface area contributed by atoms with Gasteiger partial charge in [-0.2, -0.15) is 0 Å². The number of sulfonamides is 1. The van der Waals surface area contributed by atoms with E-state index in [1.807, 2.05) is 12.3 Å². The Bertz CT molecular complexity index is 660. The van der Waals surface area contributed by atoms with Crippen LogP contribution in [0.15, 0.2) is 21.7 Å². The van der Waals surface area contributed by atoms with Gasteiger partial charge in [0, 0.05) is 16.0 Å². The standard InChI is InChI=1S/C11H14N2O3S3/c1-7-6-17-11(12-7)8(2)13-19(15,16)10-4-3-9(5-14)18-10/h3-4,6,8,13-14H,5H2,1-2H3. The second-order valence-corrected chi connectivity index (χ2v) is 8.05. The Morgan fingerprint density at radius 2 is 2.21 bits per heavy atom. The molecule has 0 bridgehead atoms. The topological polar surface area (TPSA) is 79.3 Å². The summed E-state index contributed by atoms with van der Waals surface area (Å²) in [6, 6.07) is 2.74. The van der Waals surface area contributed by atoms with Crippen molar-refractivity contribution < 1.29 is 13.5 Å². The summed E-state index contributed by atoms with van der Waals surface area (Å²) < 4.78 is 27.1. The van der Waals surface area contributed by atoms with E-state index in [0.717, 1.165) is 22.0 Å². The molecule has 0 amide bonds. The van der Waals surface area contributed by atoms with Crippen LogP contribution in [0.5, 0.6) is 0 Å². The second-order valence-electron chi connectivity index (χ2n) is 4.05. The molecule has 19 heavy (non-hydrogen) atoms. The third-order valence-electron chi connectivity index (χ3n) is 2.40. The number of thiophene rings is 1. The molecule has 5 nitrogen and oxygen atoms in total. The van der Waals surface area contributed by atoms with E-state index in [-0.39, 0.29) is 16.9 Å². The molecule has 0 aliphatic heterocycles. The van der Waals surface area contributed by atoms with Gasteiger partial charge >= 0.3 is 0 Å². The molecule has 2 aromatic rings. The largest absolute Gasteiger partial charge is 0.391 e. The number of aryl methyl sites for hydroxylation is 1. The fourth-order valence-electron chi connectivity index (χ4n) is 1.50. The van der Waals surface area contributed by atoms with Crippen LogP contribution in [0.25, 0.3) is 0 Å². The zero-order chi connectivity index (χ0) is 14.0. The predicted octanol–water partition coefficient (Wildman–Crippen LogP) is 2.04. The van der Waals surface area contributed by atoms with E-state index < -0.39 is 10.0 Å². The highest BCUT2D eigenvalue weighted by Crippen LogP contribution is 2.24. The lowest BCUT2D eigenvalue weighted by atomic mass is 10.4. The third-order valence-corrected chi connectivity index (χ3v) is 6.64. The lowest BCUT2D eigenvalue weighted by Gasteiger charge is -2.10. The van der Waals surface area contributed by atoms with Crippen LogP contribution in [-0.2, 0) is 16.6 Å². The molecule has 0 aliphatic carbocycles. The van der Waals surface area contributed by atoms with Crippen LogP contribution in [0.4, 0.5) is 0 Å². The summed E-state index contributed by atoms with van der Waals surface area (Å²) in [7, 11) is -3.56. The van der Waals surface area contributed by atoms with Crippen LogP contribution in [0, 0.1) is 6.92 Å². The smallest absolute Gasteiger partial charge is 0.250 e. The minimum atomic E-state index is -3.56. The van der Waals surface area contributed by atoms with Crippen LogP contribution in [-0.4, -0.2) is 18.5 Å². The molecule has 0 saturated heterocycles. The zero-order valence-corrected chi connectivity index (χ0v) is 12.9. The number of hydrogen-bond donors (Lipinski definition) is 2. The van der Waals surface area contributed by atoms with E-state index in [0.29, 0.717) is 4.88 Å². The highest BCUT2D eigenvalue weighted by Gasteiger charge is 2.21. The van der Waals surface area contributed by atoms with Gasteiger partial charge in [0.15, 0.2) is 0 Å². The van der Waals surface area contributed by atoms with E-state index in [1.165, 1.54) is 17.4 Å². The molecule has 0 saturated carbocycles. The highest BCUT2D eigenvalue weighted by molar-refractivity contribution is 7.91. The molecular weight excluding hydrogens is 304 g/mol. The molecule has 0 fully saturated rings. The van der Waals surface area contributed by atoms with Crippen molar-refractivity contribution in [3.05, 3.63) is 33.1 Å². The van der Waals surface area contributed by atoms with E-state index in [2.05, 4.69) is 9.71 Å². The Labute approximate surface area is 120 Å². The van der Waals surface area contributed by atoms with E-state index in [9.17, 15) is 8.42 Å². The Kier molecular flexibility index (Phi) is 4.36. The van der Waals surface area contributed by atoms with Gasteiger partial charge in [-0.15, -0.1) is 22.7 Å². The Morgan fingerprint density at radius 3 is 2.74 bits per heavy atom. The van der Waals surface area contributed by atoms with Gasteiger partial charge in [-0.3, -0.25) is 0 Å². The van der Waals surface area contributed by atoms with E-state index in [1.54, 1.807) is 13.0 Å². The quantitative estimate of drug-likeness (QED) is 0.884. The van der Waals surface area contributed by atoms with Crippen LogP contribution in [0.3, 0.4) is 0 Å². The number of thiazole rings is 1. The fourth-order valence-corrected chi connectivity index (χ4v) is 4.82. The second kappa shape index (κ2) is 5.68. The van der Waals surface area contributed by atoms with Gasteiger partial charge in [0.05, 0.1) is 12.6 Å². The van der Waals surface area contributed by atoms with Gasteiger partial charge < -0.3 is 5.11 Å². The van der Waals surface area contributed by atoms with Crippen molar-refractivity contribution in [3.8, 4) is 0 Å². The maximum absolute atomic E-state index is 12.1. The summed E-state index contributed by atoms with van der Waals surface area (Å²) in [6.45, 7) is 3.48. The normalized spacial score (nSPS) is 13.6. The van der Waals surface area contributed by atoms with Crippen LogP contribution in [0.2, 0.25) is 0 Å². The highest BCUT2D eigenvalue weighted by atomic mass is 32.2. The van der Waals surface area contributed by atoms with Crippen molar-refractivity contribution >= 4 is 32.7 Å². The molecule has 0 spiro atoms. The number of nitrogens with zero attached hydrogens (tertiary/aromatic N) is 1. The predicted molar refractivity (Wildman–Crippen MR) is 75.8 cm³/mol. The third kappa shape index (κ3) is 3.40. The van der Waals surface area contributed by atoms with E-state index >= 15 is 0 Å². The van der Waals surface area contributed by atoms with Crippen molar-refractivity contribution in [2.45, 2.75) is 30.7 Å². The van der Waals surface area contributed by atoms with Crippen molar-refractivity contribution in [1.82, 2.24) is 9.71 Å². The molecule has 2 N–H and O–H groups in total. The summed E-state index contributed by atoms with van der Waals surface area (Å²) in [6.07, 6.45) is 0. The van der Waals surface area contributed by atoms with Gasteiger partial charge in [-0.1, -0.05) is 0 Å². The lowest BCUT2D eigenvalue weighted by Crippen LogP contribution is -2.26. The van der Waals surface area contributed by atoms with Gasteiger partial charge in [0.2, 0.25) is 0 Å². The van der Waals surface area contributed by atoms with Gasteiger partial charge in [0.1, 0.15) is 9.22 Å². The molecule has 104 valence electrons. The molecule has 1 unspecified atom stereocenters. The molecule has 0 radical (unpaired) electrons. The van der Waals surface area contributed by atoms with Crippen molar-refractivity contribution in [3.63, 3.8) is 0 Å². The summed E-state index contributed by atoms with van der Waals surface area (Å²) in [5.41, 5.74) is 0.879. The minimum absolute atomic E-state index is 0.151. The van der Waals surface area contributed by atoms with E-state index in [4.69, 9.17) is 5.11 Å². The van der Waals surface area contributed by atoms with Crippen LogP contribution in [0.1, 0.15) is 28.5 Å². The number of rotatable bonds is 5. The number of nitrogens with one attached hydrogen (secondary N) is 1. The van der Waals surface area contributed by atoms with Gasteiger partial charge in [-0.05, 0) is 26.0 Å². The number of aliphatic hydroxyl groups is 1. The summed E-state index contributed by atoms with van der Waals surface area (Å²) in [4.78, 5) is 4.89. The average Bonchev–Trinajstić information content (AvgIpc) is 2.96. The molecule has 0 aliphatic rings. The van der Waals surface area contributed by atoms with Crippen molar-refractivity contribution in [1.29, 1.82) is 0 Å². The van der Waals surface area contributed by atoms with Crippen LogP contribution >= 0.6 is 22.7 Å². The fraction of sp³-hybridized carbons (Fsp3) is 0.364. The molecule has 1 atom stereocenters. The van der Waals surface area contributed by atoms with Crippen molar-refractivity contribution in [2.24, 2.45) is 0 Å². The molecule has 8 heteroatoms. The summed E-state index contributed by atoms with van der Waals surface area (Å²) >= 11 is 2.49. The summed E-state index contributed by atoms with van der Waals surface area (Å²) in [5.74, 6) is 0. The molecular formula is C11H14N2O3S3. The average molecular weight is 318 g/mol. The Morgan fingerprint density at radius 1 is 1.47 bits per heavy atom. The Balaban J connectivity index is 2.17. The molecule has 0 aromatic carbocycles.